The number of aliphatic hydroxyl groups is 1. The summed E-state index contributed by atoms with van der Waals surface area (Å²) in [5, 5.41) is 8.97. The van der Waals surface area contributed by atoms with E-state index in [1.165, 1.54) is 20.8 Å². The Morgan fingerprint density at radius 1 is 1.27 bits per heavy atom. The van der Waals surface area contributed by atoms with Gasteiger partial charge in [-0.2, -0.15) is 0 Å². The standard InChI is InChI=1S/C8H16F2O/c1-5-6(11)8(9,10)7(2,3)4/h6,11H,5H2,1-4H3. The van der Waals surface area contributed by atoms with Gasteiger partial charge in [-0.05, 0) is 6.42 Å². The summed E-state index contributed by atoms with van der Waals surface area (Å²) in [6, 6.07) is 0. The summed E-state index contributed by atoms with van der Waals surface area (Å²) in [5.41, 5.74) is -1.16. The zero-order valence-electron chi connectivity index (χ0n) is 7.49. The molecule has 0 aromatic carbocycles. The molecule has 0 amide bonds. The van der Waals surface area contributed by atoms with Crippen LogP contribution in [-0.2, 0) is 0 Å². The number of hydrogen-bond acceptors (Lipinski definition) is 1. The number of hydrogen-bond donors (Lipinski definition) is 1. The van der Waals surface area contributed by atoms with Crippen LogP contribution in [0.3, 0.4) is 0 Å². The van der Waals surface area contributed by atoms with Crippen molar-refractivity contribution in [1.29, 1.82) is 0 Å². The van der Waals surface area contributed by atoms with Gasteiger partial charge in [0.25, 0.3) is 5.92 Å². The van der Waals surface area contributed by atoms with Gasteiger partial charge in [-0.1, -0.05) is 27.7 Å². The summed E-state index contributed by atoms with van der Waals surface area (Å²) < 4.78 is 26.1. The minimum absolute atomic E-state index is 0.0876. The normalized spacial score (nSPS) is 16.6. The topological polar surface area (TPSA) is 20.2 Å². The Morgan fingerprint density at radius 2 is 1.64 bits per heavy atom. The van der Waals surface area contributed by atoms with Crippen LogP contribution < -0.4 is 0 Å². The van der Waals surface area contributed by atoms with Crippen LogP contribution in [-0.4, -0.2) is 17.1 Å². The highest BCUT2D eigenvalue weighted by Gasteiger charge is 2.48. The van der Waals surface area contributed by atoms with Gasteiger partial charge in [0.2, 0.25) is 0 Å². The summed E-state index contributed by atoms with van der Waals surface area (Å²) >= 11 is 0. The molecule has 0 aliphatic heterocycles. The predicted molar refractivity (Wildman–Crippen MR) is 40.7 cm³/mol. The smallest absolute Gasteiger partial charge is 0.278 e. The van der Waals surface area contributed by atoms with Crippen LogP contribution in [0.25, 0.3) is 0 Å². The highest BCUT2D eigenvalue weighted by atomic mass is 19.3. The Balaban J connectivity index is 4.45. The van der Waals surface area contributed by atoms with E-state index in [9.17, 15) is 8.78 Å². The summed E-state index contributed by atoms with van der Waals surface area (Å²) in [5.74, 6) is -3.00. The molecule has 0 rings (SSSR count). The largest absolute Gasteiger partial charge is 0.387 e. The molecule has 0 aromatic heterocycles. The maximum absolute atomic E-state index is 13.1. The number of aliphatic hydroxyl groups excluding tert-OH is 1. The van der Waals surface area contributed by atoms with Crippen molar-refractivity contribution in [1.82, 2.24) is 0 Å². The second kappa shape index (κ2) is 3.05. The molecule has 0 heterocycles. The maximum atomic E-state index is 13.1. The molecule has 0 radical (unpaired) electrons. The van der Waals surface area contributed by atoms with E-state index < -0.39 is 17.4 Å². The molecular formula is C8H16F2O. The van der Waals surface area contributed by atoms with E-state index in [0.717, 1.165) is 0 Å². The number of rotatable bonds is 2. The van der Waals surface area contributed by atoms with Crippen LogP contribution in [0.15, 0.2) is 0 Å². The SMILES string of the molecule is CCC(O)C(F)(F)C(C)(C)C. The van der Waals surface area contributed by atoms with E-state index in [1.807, 2.05) is 0 Å². The fraction of sp³-hybridized carbons (Fsp3) is 1.00. The third kappa shape index (κ3) is 2.12. The van der Waals surface area contributed by atoms with Gasteiger partial charge in [0, 0.05) is 5.41 Å². The molecule has 3 heteroatoms. The van der Waals surface area contributed by atoms with Gasteiger partial charge < -0.3 is 5.11 Å². The average Bonchev–Trinajstić information content (AvgIpc) is 1.83. The molecular weight excluding hydrogens is 150 g/mol. The minimum Gasteiger partial charge on any atom is -0.387 e. The molecule has 1 nitrogen and oxygen atoms in total. The highest BCUT2D eigenvalue weighted by Crippen LogP contribution is 2.39. The van der Waals surface area contributed by atoms with E-state index >= 15 is 0 Å². The lowest BCUT2D eigenvalue weighted by Gasteiger charge is -2.33. The fourth-order valence-corrected chi connectivity index (χ4v) is 0.756. The first kappa shape index (κ1) is 10.8. The minimum atomic E-state index is -3.00. The lowest BCUT2D eigenvalue weighted by atomic mass is 9.84. The first-order valence-corrected chi connectivity index (χ1v) is 3.79. The monoisotopic (exact) mass is 166 g/mol. The lowest BCUT2D eigenvalue weighted by molar-refractivity contribution is -0.175. The lowest BCUT2D eigenvalue weighted by Crippen LogP contribution is -2.44. The van der Waals surface area contributed by atoms with Gasteiger partial charge in [0.05, 0.1) is 0 Å². The Kier molecular flexibility index (Phi) is 3.00. The fourth-order valence-electron chi connectivity index (χ4n) is 0.756. The van der Waals surface area contributed by atoms with Crippen LogP contribution in [0.2, 0.25) is 0 Å². The third-order valence-corrected chi connectivity index (χ3v) is 1.81. The third-order valence-electron chi connectivity index (χ3n) is 1.81. The van der Waals surface area contributed by atoms with Crippen molar-refractivity contribution in [3.63, 3.8) is 0 Å². The van der Waals surface area contributed by atoms with E-state index in [2.05, 4.69) is 0 Å². The molecule has 0 saturated carbocycles. The van der Waals surface area contributed by atoms with Crippen LogP contribution in [0.4, 0.5) is 8.78 Å². The van der Waals surface area contributed by atoms with E-state index in [1.54, 1.807) is 6.92 Å². The van der Waals surface area contributed by atoms with Crippen LogP contribution in [0.1, 0.15) is 34.1 Å². The summed E-state index contributed by atoms with van der Waals surface area (Å²) in [7, 11) is 0. The number of halogens is 2. The molecule has 1 N–H and O–H groups in total. The molecule has 1 atom stereocenters. The molecule has 1 unspecified atom stereocenters. The van der Waals surface area contributed by atoms with Crippen molar-refractivity contribution in [2.75, 3.05) is 0 Å². The zero-order chi connectivity index (χ0) is 9.28. The number of alkyl halides is 2. The first-order chi connectivity index (χ1) is 4.73. The molecule has 0 aliphatic rings. The van der Waals surface area contributed by atoms with E-state index in [4.69, 9.17) is 5.11 Å². The molecule has 0 saturated heterocycles. The van der Waals surface area contributed by atoms with Gasteiger partial charge in [0.15, 0.2) is 0 Å². The molecule has 0 fully saturated rings. The highest BCUT2D eigenvalue weighted by molar-refractivity contribution is 4.87. The Morgan fingerprint density at radius 3 is 1.73 bits per heavy atom. The van der Waals surface area contributed by atoms with Gasteiger partial charge in [-0.3, -0.25) is 0 Å². The first-order valence-electron chi connectivity index (χ1n) is 3.79. The van der Waals surface area contributed by atoms with E-state index in [0.29, 0.717) is 0 Å². The molecule has 11 heavy (non-hydrogen) atoms. The summed E-state index contributed by atoms with van der Waals surface area (Å²) in [6.07, 6.45) is -1.44. The average molecular weight is 166 g/mol. The molecule has 0 aromatic rings. The molecule has 0 spiro atoms. The predicted octanol–water partition coefficient (Wildman–Crippen LogP) is 2.44. The second-order valence-corrected chi connectivity index (χ2v) is 3.80. The van der Waals surface area contributed by atoms with Crippen molar-refractivity contribution in [2.24, 2.45) is 5.41 Å². The Hall–Kier alpha value is -0.180. The molecule has 68 valence electrons. The van der Waals surface area contributed by atoms with Gasteiger partial charge in [0.1, 0.15) is 6.10 Å². The van der Waals surface area contributed by atoms with Gasteiger partial charge in [-0.15, -0.1) is 0 Å². The summed E-state index contributed by atoms with van der Waals surface area (Å²) in [4.78, 5) is 0. The van der Waals surface area contributed by atoms with E-state index in [-0.39, 0.29) is 6.42 Å². The zero-order valence-corrected chi connectivity index (χ0v) is 7.49. The van der Waals surface area contributed by atoms with Crippen molar-refractivity contribution >= 4 is 0 Å². The Labute approximate surface area is 66.4 Å². The van der Waals surface area contributed by atoms with Crippen molar-refractivity contribution in [3.05, 3.63) is 0 Å². The molecule has 0 bridgehead atoms. The molecule has 0 aliphatic carbocycles. The van der Waals surface area contributed by atoms with Gasteiger partial charge >= 0.3 is 0 Å². The Bertz CT molecular complexity index is 127. The van der Waals surface area contributed by atoms with Crippen LogP contribution in [0.5, 0.6) is 0 Å². The quantitative estimate of drug-likeness (QED) is 0.668. The van der Waals surface area contributed by atoms with Crippen LogP contribution >= 0.6 is 0 Å². The van der Waals surface area contributed by atoms with Gasteiger partial charge in [-0.25, -0.2) is 8.78 Å². The van der Waals surface area contributed by atoms with Crippen molar-refractivity contribution in [3.8, 4) is 0 Å². The van der Waals surface area contributed by atoms with Crippen molar-refractivity contribution in [2.45, 2.75) is 46.1 Å². The van der Waals surface area contributed by atoms with Crippen molar-refractivity contribution < 1.29 is 13.9 Å². The summed E-state index contributed by atoms with van der Waals surface area (Å²) in [6.45, 7) is 5.81. The van der Waals surface area contributed by atoms with Crippen LogP contribution in [0, 0.1) is 5.41 Å². The maximum Gasteiger partial charge on any atom is 0.278 e. The second-order valence-electron chi connectivity index (χ2n) is 3.80.